The van der Waals surface area contributed by atoms with Crippen molar-refractivity contribution in [3.63, 3.8) is 0 Å². The highest BCUT2D eigenvalue weighted by atomic mass is 35.5. The second kappa shape index (κ2) is 9.16. The van der Waals surface area contributed by atoms with Crippen molar-refractivity contribution in [2.75, 3.05) is 40.0 Å². The molecular weight excluding hydrogens is 372 g/mol. The largest absolute Gasteiger partial charge is 0.496 e. The van der Waals surface area contributed by atoms with Gasteiger partial charge in [0.25, 0.3) is 0 Å². The number of aryl methyl sites for hydroxylation is 1. The second-order valence-electron chi connectivity index (χ2n) is 6.46. The standard InChI is InChI=1S/C18H23ClN4O4/c1-26-17-11-14(3-2-6-21-7-9-27-10-8-21)4-5-15(17)12-22-13-16(19)18(20-22)23(24)25/h4-5,11,13H,2-3,6-10,12H2,1H3. The van der Waals surface area contributed by atoms with E-state index in [2.05, 4.69) is 16.1 Å². The highest BCUT2D eigenvalue weighted by molar-refractivity contribution is 6.32. The molecule has 0 N–H and O–H groups in total. The van der Waals surface area contributed by atoms with E-state index in [0.29, 0.717) is 6.54 Å². The second-order valence-corrected chi connectivity index (χ2v) is 6.87. The van der Waals surface area contributed by atoms with Crippen molar-refractivity contribution >= 4 is 17.4 Å². The van der Waals surface area contributed by atoms with Crippen LogP contribution in [-0.2, 0) is 17.7 Å². The number of nitro groups is 1. The first-order valence-corrected chi connectivity index (χ1v) is 9.28. The molecule has 0 spiro atoms. The van der Waals surface area contributed by atoms with Gasteiger partial charge in [0.05, 0.1) is 38.2 Å². The fourth-order valence-corrected chi connectivity index (χ4v) is 3.39. The molecule has 1 aliphatic rings. The van der Waals surface area contributed by atoms with Gasteiger partial charge in [-0.25, -0.2) is 0 Å². The molecule has 27 heavy (non-hydrogen) atoms. The van der Waals surface area contributed by atoms with E-state index in [4.69, 9.17) is 21.1 Å². The fraction of sp³-hybridized carbons (Fsp3) is 0.500. The molecule has 1 aromatic heterocycles. The monoisotopic (exact) mass is 394 g/mol. The van der Waals surface area contributed by atoms with Crippen LogP contribution in [-0.4, -0.2) is 59.6 Å². The maximum Gasteiger partial charge on any atom is 0.408 e. The van der Waals surface area contributed by atoms with Crippen LogP contribution in [0.4, 0.5) is 5.82 Å². The number of benzene rings is 1. The molecule has 3 rings (SSSR count). The Morgan fingerprint density at radius 1 is 1.37 bits per heavy atom. The van der Waals surface area contributed by atoms with Crippen LogP contribution in [0.3, 0.4) is 0 Å². The summed E-state index contributed by atoms with van der Waals surface area (Å²) in [4.78, 5) is 12.7. The number of ether oxygens (including phenoxy) is 2. The Balaban J connectivity index is 1.61. The molecule has 0 atom stereocenters. The Morgan fingerprint density at radius 2 is 2.15 bits per heavy atom. The van der Waals surface area contributed by atoms with Crippen molar-refractivity contribution < 1.29 is 14.4 Å². The summed E-state index contributed by atoms with van der Waals surface area (Å²) >= 11 is 5.86. The third-order valence-electron chi connectivity index (χ3n) is 4.60. The quantitative estimate of drug-likeness (QED) is 0.505. The Hall–Kier alpha value is -2.16. The molecule has 8 nitrogen and oxygen atoms in total. The lowest BCUT2D eigenvalue weighted by Gasteiger charge is -2.26. The van der Waals surface area contributed by atoms with Gasteiger partial charge in [-0.1, -0.05) is 23.7 Å². The predicted octanol–water partition coefficient (Wildman–Crippen LogP) is 2.77. The first-order chi connectivity index (χ1) is 13.1. The number of aromatic nitrogens is 2. The van der Waals surface area contributed by atoms with Crippen molar-refractivity contribution in [2.45, 2.75) is 19.4 Å². The first kappa shape index (κ1) is 19.6. The normalized spacial score (nSPS) is 15.0. The topological polar surface area (TPSA) is 82.7 Å². The molecule has 1 aliphatic heterocycles. The zero-order valence-corrected chi connectivity index (χ0v) is 16.0. The Labute approximate surface area is 162 Å². The van der Waals surface area contributed by atoms with Gasteiger partial charge in [0.1, 0.15) is 5.75 Å². The van der Waals surface area contributed by atoms with Crippen molar-refractivity contribution in [1.82, 2.24) is 14.7 Å². The average molecular weight is 395 g/mol. The predicted molar refractivity (Wildman–Crippen MR) is 102 cm³/mol. The van der Waals surface area contributed by atoms with Crippen molar-refractivity contribution in [3.05, 3.63) is 50.7 Å². The van der Waals surface area contributed by atoms with Crippen molar-refractivity contribution in [2.24, 2.45) is 0 Å². The Kier molecular flexibility index (Phi) is 6.65. The van der Waals surface area contributed by atoms with Crippen molar-refractivity contribution in [1.29, 1.82) is 0 Å². The van der Waals surface area contributed by atoms with Gasteiger partial charge in [0.15, 0.2) is 5.02 Å². The van der Waals surface area contributed by atoms with Gasteiger partial charge in [-0.05, 0) is 35.9 Å². The molecular formula is C18H23ClN4O4. The van der Waals surface area contributed by atoms with E-state index >= 15 is 0 Å². The Morgan fingerprint density at radius 3 is 2.81 bits per heavy atom. The van der Waals surface area contributed by atoms with E-state index in [-0.39, 0.29) is 10.8 Å². The molecule has 9 heteroatoms. The van der Waals surface area contributed by atoms with E-state index in [1.54, 1.807) is 7.11 Å². The zero-order valence-electron chi connectivity index (χ0n) is 15.3. The highest BCUT2D eigenvalue weighted by Gasteiger charge is 2.20. The van der Waals surface area contributed by atoms with Crippen LogP contribution in [0.1, 0.15) is 17.5 Å². The zero-order chi connectivity index (χ0) is 19.2. The fourth-order valence-electron chi connectivity index (χ4n) is 3.17. The van der Waals surface area contributed by atoms with E-state index < -0.39 is 4.92 Å². The molecule has 2 aromatic rings. The molecule has 1 fully saturated rings. The molecule has 1 saturated heterocycles. The van der Waals surface area contributed by atoms with E-state index in [0.717, 1.165) is 57.0 Å². The van der Waals surface area contributed by atoms with E-state index in [1.165, 1.54) is 16.4 Å². The third kappa shape index (κ3) is 5.18. The summed E-state index contributed by atoms with van der Waals surface area (Å²) < 4.78 is 12.3. The number of methoxy groups -OCH3 is 1. The molecule has 0 radical (unpaired) electrons. The summed E-state index contributed by atoms with van der Waals surface area (Å²) in [5.41, 5.74) is 2.09. The molecule has 146 valence electrons. The molecule has 0 saturated carbocycles. The average Bonchev–Trinajstić information content (AvgIpc) is 3.04. The van der Waals surface area contributed by atoms with Crippen LogP contribution < -0.4 is 4.74 Å². The molecule has 0 amide bonds. The van der Waals surface area contributed by atoms with E-state index in [1.807, 2.05) is 12.1 Å². The summed E-state index contributed by atoms with van der Waals surface area (Å²) in [7, 11) is 1.62. The van der Waals surface area contributed by atoms with Crippen LogP contribution >= 0.6 is 11.6 Å². The summed E-state index contributed by atoms with van der Waals surface area (Å²) in [5.74, 6) is 0.406. The van der Waals surface area contributed by atoms with Gasteiger partial charge in [-0.2, -0.15) is 4.68 Å². The Bertz CT molecular complexity index is 790. The van der Waals surface area contributed by atoms with Crippen LogP contribution in [0.5, 0.6) is 5.75 Å². The van der Waals surface area contributed by atoms with Crippen molar-refractivity contribution in [3.8, 4) is 5.75 Å². The van der Waals surface area contributed by atoms with Crippen LogP contribution in [0.25, 0.3) is 0 Å². The van der Waals surface area contributed by atoms with Gasteiger partial charge >= 0.3 is 5.82 Å². The minimum Gasteiger partial charge on any atom is -0.496 e. The lowest BCUT2D eigenvalue weighted by atomic mass is 10.1. The lowest BCUT2D eigenvalue weighted by molar-refractivity contribution is -0.389. The number of morpholine rings is 1. The highest BCUT2D eigenvalue weighted by Crippen LogP contribution is 2.25. The summed E-state index contributed by atoms with van der Waals surface area (Å²) in [6.07, 6.45) is 3.49. The van der Waals surface area contributed by atoms with Gasteiger partial charge in [-0.3, -0.25) is 4.90 Å². The first-order valence-electron chi connectivity index (χ1n) is 8.90. The minimum absolute atomic E-state index is 0.0266. The number of hydrogen-bond acceptors (Lipinski definition) is 6. The number of halogens is 1. The summed E-state index contributed by atoms with van der Waals surface area (Å²) in [6, 6.07) is 6.06. The minimum atomic E-state index is -0.590. The van der Waals surface area contributed by atoms with Crippen LogP contribution in [0.2, 0.25) is 5.02 Å². The summed E-state index contributed by atoms with van der Waals surface area (Å²) in [5, 5.41) is 14.8. The summed E-state index contributed by atoms with van der Waals surface area (Å²) in [6.45, 7) is 5.05. The molecule has 0 unspecified atom stereocenters. The third-order valence-corrected chi connectivity index (χ3v) is 4.87. The van der Waals surface area contributed by atoms with Gasteiger partial charge < -0.3 is 19.6 Å². The van der Waals surface area contributed by atoms with Gasteiger partial charge in [-0.15, -0.1) is 0 Å². The molecule has 0 aliphatic carbocycles. The number of nitrogens with zero attached hydrogens (tertiary/aromatic N) is 4. The maximum absolute atomic E-state index is 10.9. The smallest absolute Gasteiger partial charge is 0.408 e. The molecule has 2 heterocycles. The molecule has 1 aromatic carbocycles. The maximum atomic E-state index is 10.9. The van der Waals surface area contributed by atoms with Gasteiger partial charge in [0.2, 0.25) is 0 Å². The van der Waals surface area contributed by atoms with E-state index in [9.17, 15) is 10.1 Å². The molecule has 0 bridgehead atoms. The van der Waals surface area contributed by atoms with Gasteiger partial charge in [0, 0.05) is 18.7 Å². The SMILES string of the molecule is COc1cc(CCCN2CCOCC2)ccc1Cn1cc(Cl)c([N+](=O)[O-])n1. The van der Waals surface area contributed by atoms with Crippen LogP contribution in [0.15, 0.2) is 24.4 Å². The number of hydrogen-bond donors (Lipinski definition) is 0. The number of rotatable bonds is 8. The van der Waals surface area contributed by atoms with Crippen LogP contribution in [0, 0.1) is 10.1 Å². The lowest BCUT2D eigenvalue weighted by Crippen LogP contribution is -2.36.